The molecule has 0 spiro atoms. The van der Waals surface area contributed by atoms with Crippen molar-refractivity contribution in [1.82, 2.24) is 9.97 Å². The lowest BCUT2D eigenvalue weighted by Gasteiger charge is -2.21. The van der Waals surface area contributed by atoms with Gasteiger partial charge in [-0.3, -0.25) is 0 Å². The number of hydrogen-bond acceptors (Lipinski definition) is 9. The van der Waals surface area contributed by atoms with E-state index in [0.717, 1.165) is 5.56 Å². The summed E-state index contributed by atoms with van der Waals surface area (Å²) in [7, 11) is 1.86. The van der Waals surface area contributed by atoms with Crippen LogP contribution in [0, 0.1) is 22.7 Å². The van der Waals surface area contributed by atoms with Crippen molar-refractivity contribution < 1.29 is 14.3 Å². The van der Waals surface area contributed by atoms with Crippen molar-refractivity contribution in [2.45, 2.75) is 17.7 Å². The van der Waals surface area contributed by atoms with Gasteiger partial charge in [-0.2, -0.15) is 10.5 Å². The van der Waals surface area contributed by atoms with Crippen LogP contribution in [0.3, 0.4) is 0 Å². The molecular formula is C28H24ClN5O3S. The smallest absolute Gasteiger partial charge is 0.226 e. The van der Waals surface area contributed by atoms with Crippen LogP contribution in [0.5, 0.6) is 5.75 Å². The quantitative estimate of drug-likeness (QED) is 0.242. The lowest BCUT2D eigenvalue weighted by atomic mass is 9.96. The van der Waals surface area contributed by atoms with Gasteiger partial charge in [0.05, 0.1) is 17.9 Å². The molecule has 0 saturated heterocycles. The minimum atomic E-state index is -0.0940. The van der Waals surface area contributed by atoms with Crippen molar-refractivity contribution in [3.63, 3.8) is 0 Å². The van der Waals surface area contributed by atoms with E-state index in [0.29, 0.717) is 67.8 Å². The summed E-state index contributed by atoms with van der Waals surface area (Å²) < 4.78 is 11.1. The van der Waals surface area contributed by atoms with Gasteiger partial charge in [0.25, 0.3) is 0 Å². The number of nitriles is 2. The molecule has 0 aliphatic heterocycles. The number of halogens is 1. The normalized spacial score (nSPS) is 10.6. The van der Waals surface area contributed by atoms with Gasteiger partial charge in [-0.1, -0.05) is 35.5 Å². The van der Waals surface area contributed by atoms with Gasteiger partial charge in [0.2, 0.25) is 5.89 Å². The Morgan fingerprint density at radius 3 is 2.34 bits per heavy atom. The number of anilines is 1. The Labute approximate surface area is 230 Å². The minimum absolute atomic E-state index is 0.0940. The third-order valence-corrected chi connectivity index (χ3v) is 6.97. The molecule has 192 valence electrons. The van der Waals surface area contributed by atoms with E-state index in [2.05, 4.69) is 17.1 Å². The molecule has 38 heavy (non-hydrogen) atoms. The number of thioether (sulfide) groups is 1. The van der Waals surface area contributed by atoms with Gasteiger partial charge in [0.1, 0.15) is 47.2 Å². The van der Waals surface area contributed by atoms with Gasteiger partial charge in [-0.25, -0.2) is 9.97 Å². The number of aliphatic hydroxyl groups excluding tert-OH is 1. The van der Waals surface area contributed by atoms with Crippen molar-refractivity contribution in [3.05, 3.63) is 76.6 Å². The van der Waals surface area contributed by atoms with Gasteiger partial charge >= 0.3 is 0 Å². The van der Waals surface area contributed by atoms with E-state index in [9.17, 15) is 10.5 Å². The summed E-state index contributed by atoms with van der Waals surface area (Å²) in [5.74, 6) is 1.96. The monoisotopic (exact) mass is 545 g/mol. The van der Waals surface area contributed by atoms with E-state index >= 15 is 0 Å². The zero-order valence-electron chi connectivity index (χ0n) is 20.8. The van der Waals surface area contributed by atoms with Crippen LogP contribution in [-0.4, -0.2) is 41.9 Å². The lowest BCUT2D eigenvalue weighted by Crippen LogP contribution is -2.20. The SMILES string of the molecule is CCN(C)c1nc(SCc2coc(-c3ccc(Cl)cc3)n2)c(C#N)c(-c2ccc(OCCO)cc2)c1C#N. The number of aromatic nitrogens is 2. The summed E-state index contributed by atoms with van der Waals surface area (Å²) >= 11 is 7.33. The first-order valence-corrected chi connectivity index (χ1v) is 13.1. The van der Waals surface area contributed by atoms with Crippen LogP contribution < -0.4 is 9.64 Å². The molecule has 10 heteroatoms. The second-order valence-corrected chi connectivity index (χ2v) is 9.54. The first-order chi connectivity index (χ1) is 18.5. The van der Waals surface area contributed by atoms with Crippen LogP contribution in [0.2, 0.25) is 5.02 Å². The topological polar surface area (TPSA) is 119 Å². The molecule has 8 nitrogen and oxygen atoms in total. The van der Waals surface area contributed by atoms with Gasteiger partial charge in [0.15, 0.2) is 0 Å². The number of benzene rings is 2. The first-order valence-electron chi connectivity index (χ1n) is 11.8. The van der Waals surface area contributed by atoms with Gasteiger partial charge in [-0.15, -0.1) is 0 Å². The Bertz CT molecular complexity index is 1490. The molecule has 4 aromatic rings. The van der Waals surface area contributed by atoms with Crippen molar-refractivity contribution >= 4 is 29.2 Å². The van der Waals surface area contributed by atoms with E-state index in [1.165, 1.54) is 11.8 Å². The number of rotatable bonds is 10. The van der Waals surface area contributed by atoms with Crippen LogP contribution in [0.25, 0.3) is 22.6 Å². The third-order valence-electron chi connectivity index (χ3n) is 5.71. The first kappa shape index (κ1) is 27.0. The summed E-state index contributed by atoms with van der Waals surface area (Å²) in [5.41, 5.74) is 3.33. The summed E-state index contributed by atoms with van der Waals surface area (Å²) in [6, 6.07) is 18.8. The molecule has 0 saturated carbocycles. The number of nitrogens with zero attached hydrogens (tertiary/aromatic N) is 5. The average molecular weight is 546 g/mol. The minimum Gasteiger partial charge on any atom is -0.491 e. The maximum Gasteiger partial charge on any atom is 0.226 e. The molecular weight excluding hydrogens is 522 g/mol. The number of hydrogen-bond donors (Lipinski definition) is 1. The van der Waals surface area contributed by atoms with Crippen LogP contribution >= 0.6 is 23.4 Å². The fourth-order valence-electron chi connectivity index (χ4n) is 3.70. The van der Waals surface area contributed by atoms with Crippen molar-refractivity contribution in [2.24, 2.45) is 0 Å². The summed E-state index contributed by atoms with van der Waals surface area (Å²) in [5, 5.41) is 30.4. The Morgan fingerprint density at radius 2 is 1.71 bits per heavy atom. The number of oxazole rings is 1. The lowest BCUT2D eigenvalue weighted by molar-refractivity contribution is 0.201. The molecule has 0 bridgehead atoms. The zero-order chi connectivity index (χ0) is 27.1. The van der Waals surface area contributed by atoms with Gasteiger partial charge in [-0.05, 0) is 48.9 Å². The average Bonchev–Trinajstić information content (AvgIpc) is 3.43. The molecule has 0 unspecified atom stereocenters. The maximum absolute atomic E-state index is 10.2. The van der Waals surface area contributed by atoms with Gasteiger partial charge in [0, 0.05) is 35.5 Å². The fourth-order valence-corrected chi connectivity index (χ4v) is 4.69. The van der Waals surface area contributed by atoms with Crippen LogP contribution in [0.1, 0.15) is 23.7 Å². The molecule has 4 rings (SSSR count). The molecule has 0 radical (unpaired) electrons. The number of ether oxygens (including phenoxy) is 1. The highest BCUT2D eigenvalue weighted by atomic mass is 35.5. The predicted octanol–water partition coefficient (Wildman–Crippen LogP) is 5.92. The second-order valence-electron chi connectivity index (χ2n) is 8.14. The molecule has 0 aliphatic rings. The highest BCUT2D eigenvalue weighted by Crippen LogP contribution is 2.39. The zero-order valence-corrected chi connectivity index (χ0v) is 22.4. The van der Waals surface area contributed by atoms with E-state index in [1.54, 1.807) is 42.7 Å². The maximum atomic E-state index is 10.2. The molecule has 1 N–H and O–H groups in total. The third kappa shape index (κ3) is 5.92. The molecule has 2 heterocycles. The predicted molar refractivity (Wildman–Crippen MR) is 147 cm³/mol. The highest BCUT2D eigenvalue weighted by Gasteiger charge is 2.23. The Hall–Kier alpha value is -4.02. The molecule has 0 amide bonds. The molecule has 0 atom stereocenters. The summed E-state index contributed by atoms with van der Waals surface area (Å²) in [4.78, 5) is 11.2. The Balaban J connectivity index is 1.71. The Kier molecular flexibility index (Phi) is 8.88. The summed E-state index contributed by atoms with van der Waals surface area (Å²) in [6.07, 6.45) is 1.58. The largest absolute Gasteiger partial charge is 0.491 e. The van der Waals surface area contributed by atoms with Crippen molar-refractivity contribution in [2.75, 3.05) is 31.7 Å². The Morgan fingerprint density at radius 1 is 1.03 bits per heavy atom. The van der Waals surface area contributed by atoms with Gasteiger partial charge < -0.3 is 19.2 Å². The van der Waals surface area contributed by atoms with Crippen LogP contribution in [-0.2, 0) is 5.75 Å². The number of aliphatic hydroxyl groups is 1. The second kappa shape index (κ2) is 12.5. The van der Waals surface area contributed by atoms with Crippen molar-refractivity contribution in [3.8, 4) is 40.5 Å². The van der Waals surface area contributed by atoms with E-state index in [1.807, 2.05) is 31.0 Å². The molecule has 2 aromatic carbocycles. The highest BCUT2D eigenvalue weighted by molar-refractivity contribution is 7.98. The van der Waals surface area contributed by atoms with Crippen LogP contribution in [0.4, 0.5) is 5.82 Å². The van der Waals surface area contributed by atoms with E-state index < -0.39 is 0 Å². The fraction of sp³-hybridized carbons (Fsp3) is 0.214. The molecule has 0 fully saturated rings. The van der Waals surface area contributed by atoms with Crippen LogP contribution in [0.15, 0.2) is 64.2 Å². The van der Waals surface area contributed by atoms with E-state index in [-0.39, 0.29) is 13.2 Å². The molecule has 0 aliphatic carbocycles. The van der Waals surface area contributed by atoms with E-state index in [4.69, 9.17) is 30.8 Å². The molecule has 2 aromatic heterocycles. The van der Waals surface area contributed by atoms with Crippen molar-refractivity contribution in [1.29, 1.82) is 10.5 Å². The number of pyridine rings is 1. The standard InChI is InChI=1S/C28H24ClN5O3S/c1-3-34(2)26-23(14-30)25(18-6-10-22(11-7-18)36-13-12-35)24(15-31)28(33-26)38-17-21-16-37-27(32-21)19-4-8-20(29)9-5-19/h4-11,16,35H,3,12-13,17H2,1-2H3. The summed E-state index contributed by atoms with van der Waals surface area (Å²) in [6.45, 7) is 2.67.